The van der Waals surface area contributed by atoms with Gasteiger partial charge in [0.2, 0.25) is 4.77 Å². The number of hydrogen-bond donors (Lipinski definition) is 2. The van der Waals surface area contributed by atoms with Crippen LogP contribution in [0.5, 0.6) is 11.5 Å². The number of ether oxygens (including phenoxy) is 1. The Hall–Kier alpha value is -3.24. The molecule has 0 spiro atoms. The Labute approximate surface area is 162 Å². The third kappa shape index (κ3) is 4.49. The second-order valence-electron chi connectivity index (χ2n) is 5.25. The molecule has 0 saturated heterocycles. The van der Waals surface area contributed by atoms with E-state index in [0.29, 0.717) is 22.2 Å². The molecule has 11 heteroatoms. The van der Waals surface area contributed by atoms with Crippen LogP contribution in [0.15, 0.2) is 47.6 Å². The molecule has 2 N–H and O–H groups in total. The van der Waals surface area contributed by atoms with Crippen LogP contribution < -0.4 is 4.74 Å². The number of aromatic hydroxyl groups is 1. The van der Waals surface area contributed by atoms with Gasteiger partial charge < -0.3 is 9.84 Å². The first-order valence-corrected chi connectivity index (χ1v) is 8.29. The zero-order chi connectivity index (χ0) is 19.4. The molecule has 0 aliphatic rings. The molecule has 0 bridgehead atoms. The summed E-state index contributed by atoms with van der Waals surface area (Å²) in [6.07, 6.45) is 1.36. The van der Waals surface area contributed by atoms with Gasteiger partial charge in [-0.3, -0.25) is 10.1 Å². The van der Waals surface area contributed by atoms with Crippen molar-refractivity contribution in [3.63, 3.8) is 0 Å². The van der Waals surface area contributed by atoms with Gasteiger partial charge in [-0.15, -0.1) is 0 Å². The third-order valence-corrected chi connectivity index (χ3v) is 3.93. The van der Waals surface area contributed by atoms with Gasteiger partial charge in [-0.25, -0.2) is 5.10 Å². The zero-order valence-corrected chi connectivity index (χ0v) is 15.1. The Balaban J connectivity index is 1.79. The number of phenolic OH excluding ortho intramolecular Hbond substituents is 1. The van der Waals surface area contributed by atoms with Gasteiger partial charge in [-0.05, 0) is 48.6 Å². The van der Waals surface area contributed by atoms with Crippen LogP contribution in [0.2, 0.25) is 5.02 Å². The van der Waals surface area contributed by atoms with E-state index in [1.54, 1.807) is 24.3 Å². The summed E-state index contributed by atoms with van der Waals surface area (Å²) < 4.78 is 7.18. The molecule has 3 rings (SSSR count). The van der Waals surface area contributed by atoms with Crippen molar-refractivity contribution in [3.8, 4) is 11.5 Å². The maximum Gasteiger partial charge on any atom is 0.311 e. The molecule has 1 heterocycles. The Bertz CT molecular complexity index is 1060. The Kier molecular flexibility index (Phi) is 5.48. The zero-order valence-electron chi connectivity index (χ0n) is 13.6. The van der Waals surface area contributed by atoms with Gasteiger partial charge in [0.1, 0.15) is 12.4 Å². The predicted molar refractivity (Wildman–Crippen MR) is 101 cm³/mol. The molecule has 0 fully saturated rings. The van der Waals surface area contributed by atoms with Crippen LogP contribution in [-0.2, 0) is 6.61 Å². The highest BCUT2D eigenvalue weighted by Gasteiger charge is 2.13. The van der Waals surface area contributed by atoms with Crippen molar-refractivity contribution >= 4 is 35.7 Å². The molecule has 0 radical (unpaired) electrons. The summed E-state index contributed by atoms with van der Waals surface area (Å²) in [7, 11) is 0. The lowest BCUT2D eigenvalue weighted by Crippen LogP contribution is -2.04. The van der Waals surface area contributed by atoms with E-state index in [2.05, 4.69) is 15.3 Å². The SMILES string of the molecule is O=[N+]([O-])c1cc(/C=N\n2c(COc3ccc(Cl)cc3)n[nH]c2=S)ccc1O. The van der Waals surface area contributed by atoms with Crippen molar-refractivity contribution in [1.29, 1.82) is 0 Å². The van der Waals surface area contributed by atoms with E-state index in [1.165, 1.54) is 29.1 Å². The molecule has 0 aliphatic heterocycles. The van der Waals surface area contributed by atoms with E-state index in [4.69, 9.17) is 28.6 Å². The van der Waals surface area contributed by atoms with Crippen LogP contribution in [-0.4, -0.2) is 31.1 Å². The molecule has 0 saturated carbocycles. The Morgan fingerprint density at radius 3 is 2.81 bits per heavy atom. The van der Waals surface area contributed by atoms with E-state index in [0.717, 1.165) is 0 Å². The van der Waals surface area contributed by atoms with Crippen molar-refractivity contribution in [3.05, 3.63) is 73.8 Å². The number of benzene rings is 2. The minimum Gasteiger partial charge on any atom is -0.502 e. The van der Waals surface area contributed by atoms with Gasteiger partial charge >= 0.3 is 5.69 Å². The second-order valence-corrected chi connectivity index (χ2v) is 6.07. The molecule has 0 unspecified atom stereocenters. The maximum absolute atomic E-state index is 10.9. The molecule has 0 amide bonds. The minimum atomic E-state index is -0.679. The normalized spacial score (nSPS) is 11.0. The number of hydrogen-bond acceptors (Lipinski definition) is 7. The summed E-state index contributed by atoms with van der Waals surface area (Å²) in [5.74, 6) is 0.576. The molecule has 2 aromatic carbocycles. The molecule has 0 aliphatic carbocycles. The Morgan fingerprint density at radius 1 is 1.37 bits per heavy atom. The van der Waals surface area contributed by atoms with Gasteiger partial charge in [-0.1, -0.05) is 11.6 Å². The number of halogens is 1. The summed E-state index contributed by atoms with van der Waals surface area (Å²) in [6.45, 7) is 0.0852. The summed E-state index contributed by atoms with van der Waals surface area (Å²) in [5, 5.41) is 31.8. The van der Waals surface area contributed by atoms with E-state index >= 15 is 0 Å². The number of nitro benzene ring substituents is 1. The van der Waals surface area contributed by atoms with E-state index in [-0.39, 0.29) is 11.4 Å². The average molecular weight is 406 g/mol. The number of nitrogens with one attached hydrogen (secondary N) is 1. The van der Waals surface area contributed by atoms with Crippen LogP contribution >= 0.6 is 23.8 Å². The van der Waals surface area contributed by atoms with Crippen molar-refractivity contribution in [2.24, 2.45) is 5.10 Å². The van der Waals surface area contributed by atoms with Crippen molar-refractivity contribution in [2.45, 2.75) is 6.61 Å². The maximum atomic E-state index is 10.9. The molecule has 9 nitrogen and oxygen atoms in total. The molecule has 1 aromatic heterocycles. The molecule has 3 aromatic rings. The molecule has 0 atom stereocenters. The number of phenols is 1. The van der Waals surface area contributed by atoms with Crippen molar-refractivity contribution in [1.82, 2.24) is 14.9 Å². The van der Waals surface area contributed by atoms with E-state index < -0.39 is 16.4 Å². The molecule has 138 valence electrons. The number of aromatic nitrogens is 3. The van der Waals surface area contributed by atoms with Gasteiger partial charge in [0.15, 0.2) is 11.6 Å². The lowest BCUT2D eigenvalue weighted by Gasteiger charge is -2.05. The fraction of sp³-hybridized carbons (Fsp3) is 0.0625. The first kappa shape index (κ1) is 18.5. The number of rotatable bonds is 6. The largest absolute Gasteiger partial charge is 0.502 e. The highest BCUT2D eigenvalue weighted by molar-refractivity contribution is 7.71. The average Bonchev–Trinajstić information content (AvgIpc) is 3.00. The van der Waals surface area contributed by atoms with Crippen LogP contribution in [0, 0.1) is 14.9 Å². The lowest BCUT2D eigenvalue weighted by atomic mass is 10.2. The van der Waals surface area contributed by atoms with Crippen LogP contribution in [0.25, 0.3) is 0 Å². The van der Waals surface area contributed by atoms with Crippen molar-refractivity contribution < 1.29 is 14.8 Å². The highest BCUT2D eigenvalue weighted by Crippen LogP contribution is 2.25. The van der Waals surface area contributed by atoms with Crippen molar-refractivity contribution in [2.75, 3.05) is 0 Å². The monoisotopic (exact) mass is 405 g/mol. The van der Waals surface area contributed by atoms with E-state index in [1.807, 2.05) is 0 Å². The van der Waals surface area contributed by atoms with Crippen LogP contribution in [0.3, 0.4) is 0 Å². The quantitative estimate of drug-likeness (QED) is 0.279. The standard InChI is InChI=1S/C16H12ClN5O4S/c17-11-2-4-12(5-3-11)26-9-15-19-20-16(27)21(15)18-8-10-1-6-14(23)13(7-10)22(24)25/h1-8,23H,9H2,(H,20,27)/b18-8-. The number of nitrogens with zero attached hydrogens (tertiary/aromatic N) is 4. The van der Waals surface area contributed by atoms with Crippen LogP contribution in [0.4, 0.5) is 5.69 Å². The van der Waals surface area contributed by atoms with Gasteiger partial charge in [0.05, 0.1) is 11.1 Å². The van der Waals surface area contributed by atoms with Gasteiger partial charge in [0.25, 0.3) is 0 Å². The van der Waals surface area contributed by atoms with E-state index in [9.17, 15) is 15.2 Å². The lowest BCUT2D eigenvalue weighted by molar-refractivity contribution is -0.385. The third-order valence-electron chi connectivity index (χ3n) is 3.42. The first-order chi connectivity index (χ1) is 12.9. The minimum absolute atomic E-state index is 0.0852. The fourth-order valence-corrected chi connectivity index (χ4v) is 2.43. The molecule has 27 heavy (non-hydrogen) atoms. The summed E-state index contributed by atoms with van der Waals surface area (Å²) in [6, 6.07) is 10.7. The number of nitro groups is 1. The number of H-pyrrole nitrogens is 1. The van der Waals surface area contributed by atoms with Crippen LogP contribution in [0.1, 0.15) is 11.4 Å². The van der Waals surface area contributed by atoms with Gasteiger partial charge in [0, 0.05) is 16.7 Å². The summed E-state index contributed by atoms with van der Waals surface area (Å²) in [4.78, 5) is 10.2. The summed E-state index contributed by atoms with van der Waals surface area (Å²) in [5.41, 5.74) is -0.00629. The summed E-state index contributed by atoms with van der Waals surface area (Å²) >= 11 is 11.0. The topological polar surface area (TPSA) is 119 Å². The number of aromatic amines is 1. The Morgan fingerprint density at radius 2 is 2.11 bits per heavy atom. The molecular formula is C16H12ClN5O4S. The van der Waals surface area contributed by atoms with Gasteiger partial charge in [-0.2, -0.15) is 14.9 Å². The molecular weight excluding hydrogens is 394 g/mol. The first-order valence-electron chi connectivity index (χ1n) is 7.50. The second kappa shape index (κ2) is 7.98. The smallest absolute Gasteiger partial charge is 0.311 e. The highest BCUT2D eigenvalue weighted by atomic mass is 35.5. The fourth-order valence-electron chi connectivity index (χ4n) is 2.11. The predicted octanol–water partition coefficient (Wildman–Crippen LogP) is 3.67.